The van der Waals surface area contributed by atoms with Gasteiger partial charge in [-0.25, -0.2) is 5.43 Å². The third-order valence-corrected chi connectivity index (χ3v) is 7.57. The number of amides is 2. The summed E-state index contributed by atoms with van der Waals surface area (Å²) in [5, 5.41) is 7.09. The monoisotopic (exact) mass is 559 g/mol. The Bertz CT molecular complexity index is 1440. The molecule has 0 aromatic heterocycles. The number of hydrazone groups is 1. The lowest BCUT2D eigenvalue weighted by atomic mass is 10.1. The van der Waals surface area contributed by atoms with E-state index in [2.05, 4.69) is 15.8 Å². The van der Waals surface area contributed by atoms with E-state index >= 15 is 0 Å². The van der Waals surface area contributed by atoms with Crippen LogP contribution in [0.3, 0.4) is 0 Å². The first-order chi connectivity index (χ1) is 17.5. The molecule has 8 nitrogen and oxygen atoms in total. The number of carbonyl (C=O) groups excluding carboxylic acids is 2. The summed E-state index contributed by atoms with van der Waals surface area (Å²) in [5.74, 6) is -0.621. The zero-order chi connectivity index (χ0) is 27.0. The van der Waals surface area contributed by atoms with E-state index < -0.39 is 21.9 Å². The molecule has 0 aliphatic rings. The lowest BCUT2D eigenvalue weighted by Crippen LogP contribution is -2.21. The van der Waals surface area contributed by atoms with Crippen molar-refractivity contribution in [2.45, 2.75) is 19.6 Å². The van der Waals surface area contributed by atoms with Crippen LogP contribution in [0.1, 0.15) is 43.0 Å². The van der Waals surface area contributed by atoms with Crippen molar-refractivity contribution in [3.05, 3.63) is 99.1 Å². The van der Waals surface area contributed by atoms with Crippen LogP contribution in [0.2, 0.25) is 5.02 Å². The second-order valence-corrected chi connectivity index (χ2v) is 11.3. The SMILES string of the molecule is Cc1ccc(/C=N/NC(=O)c2cc(Cl)ccc2NC(=O)c2cccc(CSCCS(=O)(=O)O)c2)cc1C. The van der Waals surface area contributed by atoms with Crippen LogP contribution in [0.5, 0.6) is 0 Å². The van der Waals surface area contributed by atoms with Crippen LogP contribution in [0.15, 0.2) is 65.8 Å². The van der Waals surface area contributed by atoms with Crippen molar-refractivity contribution in [2.24, 2.45) is 5.10 Å². The van der Waals surface area contributed by atoms with Crippen LogP contribution in [0, 0.1) is 13.8 Å². The van der Waals surface area contributed by atoms with E-state index in [9.17, 15) is 18.0 Å². The Labute approximate surface area is 225 Å². The predicted molar refractivity (Wildman–Crippen MR) is 149 cm³/mol. The summed E-state index contributed by atoms with van der Waals surface area (Å²) in [5.41, 5.74) is 7.15. The fraction of sp³-hybridized carbons (Fsp3) is 0.192. The van der Waals surface area contributed by atoms with Gasteiger partial charge in [0.1, 0.15) is 0 Å². The van der Waals surface area contributed by atoms with E-state index in [1.54, 1.807) is 24.3 Å². The molecule has 0 heterocycles. The van der Waals surface area contributed by atoms with E-state index in [1.165, 1.54) is 30.1 Å². The van der Waals surface area contributed by atoms with Gasteiger partial charge in [-0.3, -0.25) is 14.1 Å². The van der Waals surface area contributed by atoms with Gasteiger partial charge in [-0.1, -0.05) is 41.9 Å². The van der Waals surface area contributed by atoms with Gasteiger partial charge in [-0.2, -0.15) is 25.3 Å². The van der Waals surface area contributed by atoms with E-state index in [-0.39, 0.29) is 22.8 Å². The largest absolute Gasteiger partial charge is 0.321 e. The summed E-state index contributed by atoms with van der Waals surface area (Å²) in [6.45, 7) is 4.00. The molecule has 2 amide bonds. The average molecular weight is 560 g/mol. The molecule has 3 rings (SSSR count). The molecule has 3 aromatic rings. The van der Waals surface area contributed by atoms with Crippen LogP contribution < -0.4 is 10.7 Å². The minimum atomic E-state index is -4.01. The summed E-state index contributed by atoms with van der Waals surface area (Å²) in [7, 11) is -4.01. The summed E-state index contributed by atoms with van der Waals surface area (Å²) in [4.78, 5) is 25.7. The molecule has 3 N–H and O–H groups in total. The van der Waals surface area contributed by atoms with Gasteiger partial charge in [-0.05, 0) is 66.4 Å². The maximum atomic E-state index is 12.9. The molecule has 0 unspecified atom stereocenters. The van der Waals surface area contributed by atoms with Gasteiger partial charge >= 0.3 is 0 Å². The number of aryl methyl sites for hydroxylation is 2. The third-order valence-electron chi connectivity index (χ3n) is 5.33. The standard InChI is InChI=1S/C26H26ClN3O5S2/c1-17-6-7-19(12-18(17)2)15-28-30-26(32)23-14-22(27)8-9-24(23)29-25(31)21-5-3-4-20(13-21)16-36-10-11-37(33,34)35/h3-9,12-15H,10-11,16H2,1-2H3,(H,29,31)(H,30,32)(H,33,34,35)/b28-15+. The fourth-order valence-corrected chi connectivity index (χ4v) is 5.28. The molecule has 0 atom stereocenters. The highest BCUT2D eigenvalue weighted by Gasteiger charge is 2.15. The molecule has 0 spiro atoms. The normalized spacial score (nSPS) is 11.5. The van der Waals surface area contributed by atoms with Crippen molar-refractivity contribution in [3.63, 3.8) is 0 Å². The van der Waals surface area contributed by atoms with Crippen molar-refractivity contribution in [3.8, 4) is 0 Å². The van der Waals surface area contributed by atoms with Crippen LogP contribution in [-0.2, 0) is 15.9 Å². The number of rotatable bonds is 10. The number of anilines is 1. The molecule has 37 heavy (non-hydrogen) atoms. The van der Waals surface area contributed by atoms with Gasteiger partial charge in [0.2, 0.25) is 0 Å². The second kappa shape index (κ2) is 12.9. The third kappa shape index (κ3) is 9.01. The molecule has 11 heteroatoms. The number of nitrogens with zero attached hydrogens (tertiary/aromatic N) is 1. The number of benzene rings is 3. The van der Waals surface area contributed by atoms with E-state index in [4.69, 9.17) is 16.2 Å². The summed E-state index contributed by atoms with van der Waals surface area (Å²) in [6, 6.07) is 17.2. The van der Waals surface area contributed by atoms with Crippen LogP contribution in [0.25, 0.3) is 0 Å². The van der Waals surface area contributed by atoms with Crippen molar-refractivity contribution in [1.29, 1.82) is 0 Å². The maximum absolute atomic E-state index is 12.9. The first-order valence-corrected chi connectivity index (χ1v) is 14.3. The lowest BCUT2D eigenvalue weighted by Gasteiger charge is -2.11. The van der Waals surface area contributed by atoms with Crippen molar-refractivity contribution >= 4 is 57.2 Å². The number of nitrogens with one attached hydrogen (secondary N) is 2. The lowest BCUT2D eigenvalue weighted by molar-refractivity contribution is 0.0956. The molecule has 194 valence electrons. The molecule has 0 aliphatic heterocycles. The Hall–Kier alpha value is -3.18. The predicted octanol–water partition coefficient (Wildman–Crippen LogP) is 5.09. The first-order valence-electron chi connectivity index (χ1n) is 11.2. The quantitative estimate of drug-likeness (QED) is 0.137. The van der Waals surface area contributed by atoms with Crippen molar-refractivity contribution in [2.75, 3.05) is 16.8 Å². The fourth-order valence-electron chi connectivity index (χ4n) is 3.24. The topological polar surface area (TPSA) is 125 Å². The maximum Gasteiger partial charge on any atom is 0.273 e. The summed E-state index contributed by atoms with van der Waals surface area (Å²) < 4.78 is 30.5. The highest BCUT2D eigenvalue weighted by atomic mass is 35.5. The van der Waals surface area contributed by atoms with Gasteiger partial charge in [-0.15, -0.1) is 0 Å². The molecule has 0 bridgehead atoms. The van der Waals surface area contributed by atoms with Gasteiger partial charge in [0, 0.05) is 22.1 Å². The van der Waals surface area contributed by atoms with E-state index in [1.807, 2.05) is 38.1 Å². The minimum Gasteiger partial charge on any atom is -0.321 e. The van der Waals surface area contributed by atoms with Crippen molar-refractivity contribution < 1.29 is 22.6 Å². The van der Waals surface area contributed by atoms with Crippen LogP contribution >= 0.6 is 23.4 Å². The number of carbonyl (C=O) groups is 2. The number of hydrogen-bond donors (Lipinski definition) is 3. The molecule has 0 fully saturated rings. The Morgan fingerprint density at radius 3 is 2.54 bits per heavy atom. The zero-order valence-corrected chi connectivity index (χ0v) is 22.6. The average Bonchev–Trinajstić information content (AvgIpc) is 2.84. The van der Waals surface area contributed by atoms with Crippen LogP contribution in [0.4, 0.5) is 5.69 Å². The molecular formula is C26H26ClN3O5S2. The highest BCUT2D eigenvalue weighted by molar-refractivity contribution is 7.99. The summed E-state index contributed by atoms with van der Waals surface area (Å²) >= 11 is 7.42. The van der Waals surface area contributed by atoms with Gasteiger partial charge in [0.15, 0.2) is 0 Å². The second-order valence-electron chi connectivity index (χ2n) is 8.23. The van der Waals surface area contributed by atoms with Crippen molar-refractivity contribution in [1.82, 2.24) is 5.43 Å². The highest BCUT2D eigenvalue weighted by Crippen LogP contribution is 2.22. The van der Waals surface area contributed by atoms with Gasteiger partial charge in [0.25, 0.3) is 21.9 Å². The molecule has 0 radical (unpaired) electrons. The zero-order valence-electron chi connectivity index (χ0n) is 20.2. The van der Waals surface area contributed by atoms with Crippen LogP contribution in [-0.4, -0.2) is 42.5 Å². The molecule has 0 saturated heterocycles. The first kappa shape index (κ1) is 28.4. The number of halogens is 1. The Morgan fingerprint density at radius 2 is 1.81 bits per heavy atom. The Morgan fingerprint density at radius 1 is 1.03 bits per heavy atom. The molecular weight excluding hydrogens is 534 g/mol. The summed E-state index contributed by atoms with van der Waals surface area (Å²) in [6.07, 6.45) is 1.53. The van der Waals surface area contributed by atoms with Gasteiger partial charge < -0.3 is 5.32 Å². The van der Waals surface area contributed by atoms with Gasteiger partial charge in [0.05, 0.1) is 23.2 Å². The molecule has 0 aliphatic carbocycles. The molecule has 0 saturated carbocycles. The number of hydrogen-bond acceptors (Lipinski definition) is 6. The molecule has 3 aromatic carbocycles. The van der Waals surface area contributed by atoms with E-state index in [0.29, 0.717) is 16.3 Å². The Balaban J connectivity index is 1.68. The number of thioether (sulfide) groups is 1. The van der Waals surface area contributed by atoms with E-state index in [0.717, 1.165) is 22.3 Å². The smallest absolute Gasteiger partial charge is 0.273 e. The Kier molecular flexibility index (Phi) is 9.87. The minimum absolute atomic E-state index is 0.148.